The number of rotatable bonds is 5. The maximum Gasteiger partial charge on any atom is 0.267 e. The van der Waals surface area contributed by atoms with E-state index < -0.39 is 5.91 Å². The summed E-state index contributed by atoms with van der Waals surface area (Å²) in [4.78, 5) is 30.7. The zero-order valence-corrected chi connectivity index (χ0v) is 16.7. The highest BCUT2D eigenvalue weighted by molar-refractivity contribution is 5.96. The molecule has 5 heterocycles. The van der Waals surface area contributed by atoms with Gasteiger partial charge in [0.1, 0.15) is 22.5 Å². The number of ether oxygens (including phenoxy) is 1. The van der Waals surface area contributed by atoms with Gasteiger partial charge in [-0.3, -0.25) is 19.4 Å². The van der Waals surface area contributed by atoms with E-state index in [-0.39, 0.29) is 34.6 Å². The molecule has 4 aromatic heterocycles. The Hall–Kier alpha value is -3.72. The van der Waals surface area contributed by atoms with Gasteiger partial charge in [0, 0.05) is 19.3 Å². The van der Waals surface area contributed by atoms with E-state index in [0.29, 0.717) is 30.2 Å². The zero-order valence-electron chi connectivity index (χ0n) is 16.7. The number of aromatic nitrogens is 3. The second kappa shape index (κ2) is 7.84. The van der Waals surface area contributed by atoms with Crippen molar-refractivity contribution in [2.75, 3.05) is 13.2 Å². The van der Waals surface area contributed by atoms with Crippen molar-refractivity contribution < 1.29 is 13.9 Å². The summed E-state index contributed by atoms with van der Waals surface area (Å²) in [5.41, 5.74) is 0.547. The quantitative estimate of drug-likeness (QED) is 0.478. The molecule has 0 radical (unpaired) electrons. The molecule has 1 aliphatic rings. The molecule has 0 spiro atoms. The monoisotopic (exact) mass is 419 g/mol. The maximum atomic E-state index is 13.2. The minimum atomic E-state index is -0.423. The van der Waals surface area contributed by atoms with Gasteiger partial charge in [-0.25, -0.2) is 4.98 Å². The third-order valence-corrected chi connectivity index (χ3v) is 5.47. The third-order valence-electron chi connectivity index (χ3n) is 5.47. The Balaban J connectivity index is 1.66. The Kier molecular flexibility index (Phi) is 4.87. The molecule has 1 fully saturated rings. The first kappa shape index (κ1) is 19.3. The van der Waals surface area contributed by atoms with Crippen LogP contribution in [0.15, 0.2) is 58.1 Å². The topological polar surface area (TPSA) is 115 Å². The van der Waals surface area contributed by atoms with Gasteiger partial charge < -0.3 is 19.0 Å². The molecular formula is C22H21N5O4. The van der Waals surface area contributed by atoms with E-state index in [1.165, 1.54) is 21.3 Å². The fraction of sp³-hybridized carbons (Fsp3) is 0.273. The molecule has 5 rings (SSSR count). The van der Waals surface area contributed by atoms with Crippen LogP contribution in [0.2, 0.25) is 0 Å². The van der Waals surface area contributed by atoms with Crippen LogP contribution in [0.5, 0.6) is 0 Å². The van der Waals surface area contributed by atoms with Gasteiger partial charge in [0.2, 0.25) is 0 Å². The number of carbonyl (C=O) groups is 1. The highest BCUT2D eigenvalue weighted by atomic mass is 16.5. The van der Waals surface area contributed by atoms with Gasteiger partial charge in [-0.05, 0) is 43.2 Å². The molecule has 1 amide bonds. The van der Waals surface area contributed by atoms with Crippen LogP contribution in [0.25, 0.3) is 16.7 Å². The van der Waals surface area contributed by atoms with Gasteiger partial charge in [-0.1, -0.05) is 6.07 Å². The van der Waals surface area contributed by atoms with Crippen LogP contribution in [0, 0.1) is 5.41 Å². The molecule has 0 bridgehead atoms. The lowest BCUT2D eigenvalue weighted by molar-refractivity contribution is 0.0856. The summed E-state index contributed by atoms with van der Waals surface area (Å²) in [7, 11) is 0. The van der Waals surface area contributed by atoms with Crippen LogP contribution in [0.3, 0.4) is 0 Å². The summed E-state index contributed by atoms with van der Waals surface area (Å²) in [5.74, 6) is 0.167. The molecule has 1 saturated heterocycles. The minimum absolute atomic E-state index is 0.0231. The SMILES string of the molecule is N=c1c(C(=O)NC[C@@H]2CCCO2)cc2c(=O)n3ccccc3nc2n1Cc1ccco1. The molecule has 31 heavy (non-hydrogen) atoms. The number of nitrogens with one attached hydrogen (secondary N) is 2. The summed E-state index contributed by atoms with van der Waals surface area (Å²) >= 11 is 0. The van der Waals surface area contributed by atoms with Gasteiger partial charge in [0.05, 0.1) is 29.9 Å². The van der Waals surface area contributed by atoms with Crippen LogP contribution in [-0.4, -0.2) is 39.1 Å². The van der Waals surface area contributed by atoms with E-state index >= 15 is 0 Å². The van der Waals surface area contributed by atoms with Crippen molar-refractivity contribution in [1.82, 2.24) is 19.3 Å². The third kappa shape index (κ3) is 3.53. The van der Waals surface area contributed by atoms with Gasteiger partial charge >= 0.3 is 0 Å². The summed E-state index contributed by atoms with van der Waals surface area (Å²) in [6.45, 7) is 1.23. The number of furan rings is 1. The van der Waals surface area contributed by atoms with Gasteiger partial charge in [-0.15, -0.1) is 0 Å². The molecule has 9 heteroatoms. The molecule has 0 saturated carbocycles. The standard InChI is InChI=1S/C22H21N5O4/c23-19-16(21(28)24-12-14-5-3-9-30-14)11-17-20(27(19)13-15-6-4-10-31-15)25-18-7-1-2-8-26(18)22(17)29/h1-2,4,6-8,10-11,14,23H,3,5,9,12-13H2,(H,24,28)/t14-/m0/s1. The predicted molar refractivity (Wildman–Crippen MR) is 112 cm³/mol. The lowest BCUT2D eigenvalue weighted by Crippen LogP contribution is -2.38. The zero-order chi connectivity index (χ0) is 21.4. The van der Waals surface area contributed by atoms with E-state index in [0.717, 1.165) is 12.8 Å². The molecule has 9 nitrogen and oxygen atoms in total. The summed E-state index contributed by atoms with van der Waals surface area (Å²) < 4.78 is 14.0. The van der Waals surface area contributed by atoms with E-state index in [1.54, 1.807) is 36.5 Å². The van der Waals surface area contributed by atoms with Crippen LogP contribution >= 0.6 is 0 Å². The van der Waals surface area contributed by atoms with Crippen molar-refractivity contribution in [3.8, 4) is 0 Å². The van der Waals surface area contributed by atoms with Crippen molar-refractivity contribution in [3.05, 3.63) is 76.0 Å². The fourth-order valence-corrected chi connectivity index (χ4v) is 3.88. The summed E-state index contributed by atoms with van der Waals surface area (Å²) in [6, 6.07) is 10.2. The molecule has 158 valence electrons. The average Bonchev–Trinajstić information content (AvgIpc) is 3.48. The Morgan fingerprint density at radius 2 is 2.19 bits per heavy atom. The molecular weight excluding hydrogens is 398 g/mol. The van der Waals surface area contributed by atoms with E-state index in [1.807, 2.05) is 0 Å². The first-order chi connectivity index (χ1) is 15.1. The Bertz CT molecular complexity index is 1380. The molecule has 1 aliphatic heterocycles. The number of nitrogens with zero attached hydrogens (tertiary/aromatic N) is 3. The second-order valence-electron chi connectivity index (χ2n) is 7.50. The van der Waals surface area contributed by atoms with Crippen molar-refractivity contribution >= 4 is 22.6 Å². The van der Waals surface area contributed by atoms with Crippen LogP contribution in [-0.2, 0) is 11.3 Å². The van der Waals surface area contributed by atoms with E-state index in [2.05, 4.69) is 10.3 Å². The minimum Gasteiger partial charge on any atom is -0.467 e. The van der Waals surface area contributed by atoms with Crippen molar-refractivity contribution in [3.63, 3.8) is 0 Å². The lowest BCUT2D eigenvalue weighted by atomic mass is 10.1. The number of amides is 1. The number of hydrogen-bond donors (Lipinski definition) is 2. The molecule has 0 aliphatic carbocycles. The number of carbonyl (C=O) groups excluding carboxylic acids is 1. The number of pyridine rings is 2. The molecule has 0 aromatic carbocycles. The van der Waals surface area contributed by atoms with Crippen LogP contribution < -0.4 is 16.4 Å². The number of hydrogen-bond acceptors (Lipinski definition) is 6. The average molecular weight is 419 g/mol. The second-order valence-corrected chi connectivity index (χ2v) is 7.50. The molecule has 4 aromatic rings. The van der Waals surface area contributed by atoms with E-state index in [4.69, 9.17) is 14.6 Å². The van der Waals surface area contributed by atoms with Crippen molar-refractivity contribution in [1.29, 1.82) is 5.41 Å². The van der Waals surface area contributed by atoms with Gasteiger partial charge in [0.25, 0.3) is 11.5 Å². The highest BCUT2D eigenvalue weighted by Gasteiger charge is 2.20. The van der Waals surface area contributed by atoms with Gasteiger partial charge in [-0.2, -0.15) is 0 Å². The van der Waals surface area contributed by atoms with Crippen LogP contribution in [0.4, 0.5) is 0 Å². The summed E-state index contributed by atoms with van der Waals surface area (Å²) in [5, 5.41) is 11.8. The fourth-order valence-electron chi connectivity index (χ4n) is 3.88. The smallest absolute Gasteiger partial charge is 0.267 e. The predicted octanol–water partition coefficient (Wildman–Crippen LogP) is 1.68. The first-order valence-electron chi connectivity index (χ1n) is 10.1. The summed E-state index contributed by atoms with van der Waals surface area (Å²) in [6.07, 6.45) is 5.01. The van der Waals surface area contributed by atoms with Crippen molar-refractivity contribution in [2.45, 2.75) is 25.5 Å². The Labute approximate surface area is 176 Å². The largest absolute Gasteiger partial charge is 0.467 e. The number of fused-ring (bicyclic) bond motifs is 2. The normalized spacial score (nSPS) is 16.2. The van der Waals surface area contributed by atoms with Crippen molar-refractivity contribution in [2.24, 2.45) is 0 Å². The maximum absolute atomic E-state index is 13.2. The van der Waals surface area contributed by atoms with Gasteiger partial charge in [0.15, 0.2) is 0 Å². The molecule has 2 N–H and O–H groups in total. The van der Waals surface area contributed by atoms with E-state index in [9.17, 15) is 9.59 Å². The molecule has 1 atom stereocenters. The highest BCUT2D eigenvalue weighted by Crippen LogP contribution is 2.14. The lowest BCUT2D eigenvalue weighted by Gasteiger charge is -2.15. The first-order valence-corrected chi connectivity index (χ1v) is 10.1. The Morgan fingerprint density at radius 3 is 2.97 bits per heavy atom. The van der Waals surface area contributed by atoms with Crippen LogP contribution in [0.1, 0.15) is 29.0 Å². The molecule has 0 unspecified atom stereocenters. The Morgan fingerprint density at radius 1 is 1.29 bits per heavy atom.